The number of nitrogens with one attached hydrogen (secondary N) is 1. The van der Waals surface area contributed by atoms with Gasteiger partial charge in [-0.2, -0.15) is 0 Å². The molecule has 1 aliphatic rings. The van der Waals surface area contributed by atoms with Crippen LogP contribution in [0.25, 0.3) is 0 Å². The molecule has 2 aromatic carbocycles. The van der Waals surface area contributed by atoms with Gasteiger partial charge in [0.05, 0.1) is 11.8 Å². The largest absolute Gasteiger partial charge is 0.319 e. The number of carbonyl (C=O) groups excluding carboxylic acids is 1. The fourth-order valence-electron chi connectivity index (χ4n) is 2.72. The Balaban J connectivity index is 2.06. The number of hydrogen-bond acceptors (Lipinski definition) is 3. The topological polar surface area (TPSA) is 66.9 Å². The number of nitrogens with two attached hydrogens (primary N) is 1. The number of halogens is 1. The number of hydrogen-bond donors (Lipinski definition) is 2. The summed E-state index contributed by atoms with van der Waals surface area (Å²) in [6, 6.07) is 16.0. The summed E-state index contributed by atoms with van der Waals surface area (Å²) in [5.41, 5.74) is 8.84. The molecule has 3 N–H and O–H groups in total. The summed E-state index contributed by atoms with van der Waals surface area (Å²) >= 11 is 6.24. The summed E-state index contributed by atoms with van der Waals surface area (Å²) in [7, 11) is 0. The molecule has 3 rings (SSSR count). The van der Waals surface area contributed by atoms with Crippen LogP contribution >= 0.6 is 11.6 Å². The van der Waals surface area contributed by atoms with Crippen molar-refractivity contribution in [2.45, 2.75) is 12.5 Å². The molecule has 0 radical (unpaired) electrons. The van der Waals surface area contributed by atoms with Crippen molar-refractivity contribution < 1.29 is 4.79 Å². The molecule has 0 aliphatic heterocycles. The van der Waals surface area contributed by atoms with Crippen molar-refractivity contribution in [2.24, 2.45) is 5.73 Å². The lowest BCUT2D eigenvalue weighted by atomic mass is 9.85. The van der Waals surface area contributed by atoms with Crippen LogP contribution in [0.5, 0.6) is 0 Å². The molecule has 0 spiro atoms. The van der Waals surface area contributed by atoms with E-state index in [1.165, 1.54) is 0 Å². The van der Waals surface area contributed by atoms with Crippen molar-refractivity contribution in [3.8, 4) is 0 Å². The Morgan fingerprint density at radius 2 is 1.75 bits per heavy atom. The average molecular weight is 337 g/mol. The molecule has 2 aromatic rings. The third-order valence-corrected chi connectivity index (χ3v) is 4.43. The van der Waals surface area contributed by atoms with Crippen molar-refractivity contribution >= 4 is 23.1 Å². The summed E-state index contributed by atoms with van der Waals surface area (Å²) in [6.07, 6.45) is 3.82. The van der Waals surface area contributed by atoms with Crippen LogP contribution in [0.2, 0.25) is 5.02 Å². The first-order valence-corrected chi connectivity index (χ1v) is 8.04. The van der Waals surface area contributed by atoms with Crippen LogP contribution < -0.4 is 5.73 Å². The Bertz CT molecular complexity index is 853. The van der Waals surface area contributed by atoms with E-state index >= 15 is 0 Å². The molecule has 0 saturated carbocycles. The lowest BCUT2D eigenvalue weighted by Gasteiger charge is -2.21. The second kappa shape index (κ2) is 6.95. The van der Waals surface area contributed by atoms with Crippen LogP contribution in [-0.2, 0) is 6.42 Å². The van der Waals surface area contributed by atoms with Gasteiger partial charge in [0.15, 0.2) is 5.78 Å². The summed E-state index contributed by atoms with van der Waals surface area (Å²) in [4.78, 5) is 12.9. The molecule has 0 fully saturated rings. The van der Waals surface area contributed by atoms with Crippen molar-refractivity contribution in [1.82, 2.24) is 0 Å². The minimum atomic E-state index is -0.505. The summed E-state index contributed by atoms with van der Waals surface area (Å²) < 4.78 is 0. The van der Waals surface area contributed by atoms with Crippen molar-refractivity contribution in [1.29, 1.82) is 5.41 Å². The normalized spacial score (nSPS) is 17.2. The fraction of sp³-hybridized carbons (Fsp3) is 0.100. The van der Waals surface area contributed by atoms with E-state index in [0.717, 1.165) is 5.56 Å². The zero-order valence-corrected chi connectivity index (χ0v) is 13.8. The number of allylic oxidation sites excluding steroid dienone is 2. The Labute approximate surface area is 146 Å². The van der Waals surface area contributed by atoms with Gasteiger partial charge in [0.2, 0.25) is 0 Å². The third-order valence-electron chi connectivity index (χ3n) is 4.06. The number of Topliss-reactive ketones (excluding diaryl/α,β-unsaturated/α-hetero) is 1. The molecule has 4 heteroatoms. The Kier molecular flexibility index (Phi) is 4.74. The fourth-order valence-corrected chi connectivity index (χ4v) is 2.93. The molecule has 24 heavy (non-hydrogen) atoms. The van der Waals surface area contributed by atoms with Gasteiger partial charge in [-0.25, -0.2) is 0 Å². The van der Waals surface area contributed by atoms with Gasteiger partial charge < -0.3 is 11.1 Å². The predicted octanol–water partition coefficient (Wildman–Crippen LogP) is 3.98. The molecular formula is C20H17ClN2O. The van der Waals surface area contributed by atoms with Crippen molar-refractivity contribution in [3.63, 3.8) is 0 Å². The van der Waals surface area contributed by atoms with E-state index in [2.05, 4.69) is 0 Å². The van der Waals surface area contributed by atoms with Gasteiger partial charge in [0.25, 0.3) is 0 Å². The smallest absolute Gasteiger partial charge is 0.193 e. The highest BCUT2D eigenvalue weighted by atomic mass is 35.5. The maximum atomic E-state index is 12.9. The number of carbonyl (C=O) groups is 1. The molecule has 0 saturated heterocycles. The van der Waals surface area contributed by atoms with Gasteiger partial charge in [-0.1, -0.05) is 72.3 Å². The van der Waals surface area contributed by atoms with Gasteiger partial charge in [0.1, 0.15) is 0 Å². The van der Waals surface area contributed by atoms with E-state index in [9.17, 15) is 4.79 Å². The van der Waals surface area contributed by atoms with Crippen LogP contribution in [-0.4, -0.2) is 17.5 Å². The summed E-state index contributed by atoms with van der Waals surface area (Å²) in [6.45, 7) is 0. The number of rotatable bonds is 4. The lowest BCUT2D eigenvalue weighted by molar-refractivity contribution is 0.103. The maximum absolute atomic E-state index is 12.9. The summed E-state index contributed by atoms with van der Waals surface area (Å²) in [5.74, 6) is -0.106. The van der Waals surface area contributed by atoms with Crippen LogP contribution in [0.4, 0.5) is 0 Å². The minimum absolute atomic E-state index is 0.106. The van der Waals surface area contributed by atoms with E-state index < -0.39 is 6.04 Å². The highest BCUT2D eigenvalue weighted by Gasteiger charge is 2.25. The van der Waals surface area contributed by atoms with Gasteiger partial charge in [-0.05, 0) is 17.2 Å². The second-order valence-electron chi connectivity index (χ2n) is 5.65. The Hall–Kier alpha value is -2.49. The van der Waals surface area contributed by atoms with E-state index in [0.29, 0.717) is 28.2 Å². The molecule has 0 bridgehead atoms. The minimum Gasteiger partial charge on any atom is -0.319 e. The number of ketones is 1. The van der Waals surface area contributed by atoms with Crippen LogP contribution in [0.1, 0.15) is 15.9 Å². The van der Waals surface area contributed by atoms with Gasteiger partial charge >= 0.3 is 0 Å². The first-order valence-electron chi connectivity index (χ1n) is 7.67. The van der Waals surface area contributed by atoms with Gasteiger partial charge in [0, 0.05) is 22.6 Å². The van der Waals surface area contributed by atoms with Crippen molar-refractivity contribution in [2.75, 3.05) is 0 Å². The Morgan fingerprint density at radius 1 is 1.08 bits per heavy atom. The van der Waals surface area contributed by atoms with Crippen LogP contribution in [0.3, 0.4) is 0 Å². The maximum Gasteiger partial charge on any atom is 0.193 e. The molecule has 0 aromatic heterocycles. The first kappa shape index (κ1) is 16.4. The standard InChI is InChI=1S/C20H17ClN2O/c21-17-9-5-4-8-14(17)12-16-15(10-11-18(22)19(16)23)20(24)13-6-2-1-3-7-13/h1-11,18,23H,12,22H2. The van der Waals surface area contributed by atoms with E-state index in [1.807, 2.05) is 36.4 Å². The molecule has 1 aliphatic carbocycles. The monoisotopic (exact) mass is 336 g/mol. The van der Waals surface area contributed by atoms with Crippen LogP contribution in [0.15, 0.2) is 77.9 Å². The molecule has 0 amide bonds. The quantitative estimate of drug-likeness (QED) is 0.829. The van der Waals surface area contributed by atoms with E-state index in [1.54, 1.807) is 30.4 Å². The SMILES string of the molecule is N=C1C(Cc2ccccc2Cl)=C(C(=O)c2ccccc2)C=CC1N. The Morgan fingerprint density at radius 3 is 2.46 bits per heavy atom. The molecule has 1 unspecified atom stereocenters. The highest BCUT2D eigenvalue weighted by molar-refractivity contribution is 6.31. The predicted molar refractivity (Wildman–Crippen MR) is 97.8 cm³/mol. The second-order valence-corrected chi connectivity index (χ2v) is 6.06. The molecule has 0 heterocycles. The van der Waals surface area contributed by atoms with E-state index in [4.69, 9.17) is 22.7 Å². The van der Waals surface area contributed by atoms with Gasteiger partial charge in [-0.15, -0.1) is 0 Å². The molecular weight excluding hydrogens is 320 g/mol. The van der Waals surface area contributed by atoms with Crippen LogP contribution in [0, 0.1) is 5.41 Å². The van der Waals surface area contributed by atoms with Crippen molar-refractivity contribution in [3.05, 3.63) is 94.0 Å². The van der Waals surface area contributed by atoms with E-state index in [-0.39, 0.29) is 11.5 Å². The third kappa shape index (κ3) is 3.23. The summed E-state index contributed by atoms with van der Waals surface area (Å²) in [5, 5.41) is 8.95. The average Bonchev–Trinajstić information content (AvgIpc) is 2.61. The zero-order valence-electron chi connectivity index (χ0n) is 13.0. The first-order chi connectivity index (χ1) is 11.6. The molecule has 1 atom stereocenters. The highest BCUT2D eigenvalue weighted by Crippen LogP contribution is 2.26. The molecule has 3 nitrogen and oxygen atoms in total. The lowest BCUT2D eigenvalue weighted by Crippen LogP contribution is -2.33. The molecule has 120 valence electrons. The zero-order chi connectivity index (χ0) is 17.1. The number of benzene rings is 2. The van der Waals surface area contributed by atoms with Gasteiger partial charge in [-0.3, -0.25) is 4.79 Å².